The molecule has 0 radical (unpaired) electrons. The van der Waals surface area contributed by atoms with Gasteiger partial charge in [0.2, 0.25) is 0 Å². The summed E-state index contributed by atoms with van der Waals surface area (Å²) in [4.78, 5) is 11.9. The van der Waals surface area contributed by atoms with Gasteiger partial charge in [0.25, 0.3) is 0 Å². The van der Waals surface area contributed by atoms with Gasteiger partial charge in [-0.3, -0.25) is 0 Å². The van der Waals surface area contributed by atoms with Crippen LogP contribution in [0.1, 0.15) is 36.6 Å². The molecule has 0 heterocycles. The van der Waals surface area contributed by atoms with Crippen LogP contribution in [-0.2, 0) is 9.53 Å². The van der Waals surface area contributed by atoms with Gasteiger partial charge in [-0.15, -0.1) is 0 Å². The fourth-order valence-corrected chi connectivity index (χ4v) is 1.94. The highest BCUT2D eigenvalue weighted by atomic mass is 16.5. The van der Waals surface area contributed by atoms with Gasteiger partial charge in [0.1, 0.15) is 6.04 Å². The Morgan fingerprint density at radius 2 is 1.82 bits per heavy atom. The number of esters is 1. The number of hydrogen-bond donors (Lipinski definition) is 1. The number of benzene rings is 1. The summed E-state index contributed by atoms with van der Waals surface area (Å²) in [6.45, 7) is 9.01. The summed E-state index contributed by atoms with van der Waals surface area (Å²) in [6.07, 6.45) is 0. The molecule has 0 saturated heterocycles. The topological polar surface area (TPSA) is 38.3 Å². The standard InChI is InChI=1S/C14H21NO2/c1-5-15-13(14(16)17-6-2)12-8-10(3)7-11(4)9-12/h7-9,13,15H,5-6H2,1-4H3. The molecule has 1 unspecified atom stereocenters. The van der Waals surface area contributed by atoms with Crippen molar-refractivity contribution in [2.75, 3.05) is 13.2 Å². The van der Waals surface area contributed by atoms with Crippen molar-refractivity contribution in [3.05, 3.63) is 34.9 Å². The zero-order chi connectivity index (χ0) is 12.8. The van der Waals surface area contributed by atoms with Gasteiger partial charge in [-0.25, -0.2) is 4.79 Å². The van der Waals surface area contributed by atoms with E-state index in [2.05, 4.69) is 11.4 Å². The van der Waals surface area contributed by atoms with Gasteiger partial charge in [-0.1, -0.05) is 36.2 Å². The van der Waals surface area contributed by atoms with E-state index < -0.39 is 0 Å². The van der Waals surface area contributed by atoms with Crippen LogP contribution in [0.2, 0.25) is 0 Å². The maximum absolute atomic E-state index is 11.9. The SMILES string of the molecule is CCNC(C(=O)OCC)c1cc(C)cc(C)c1. The predicted molar refractivity (Wildman–Crippen MR) is 69.0 cm³/mol. The van der Waals surface area contributed by atoms with E-state index in [-0.39, 0.29) is 12.0 Å². The maximum Gasteiger partial charge on any atom is 0.327 e. The van der Waals surface area contributed by atoms with Gasteiger partial charge in [0.05, 0.1) is 6.61 Å². The molecular weight excluding hydrogens is 214 g/mol. The molecule has 1 N–H and O–H groups in total. The molecule has 0 aliphatic rings. The minimum absolute atomic E-state index is 0.209. The quantitative estimate of drug-likeness (QED) is 0.797. The fourth-order valence-electron chi connectivity index (χ4n) is 1.94. The first-order valence-electron chi connectivity index (χ1n) is 6.06. The second kappa shape index (κ2) is 6.40. The predicted octanol–water partition coefficient (Wildman–Crippen LogP) is 2.52. The highest BCUT2D eigenvalue weighted by molar-refractivity contribution is 5.77. The number of ether oxygens (including phenoxy) is 1. The first-order chi connectivity index (χ1) is 8.08. The van der Waals surface area contributed by atoms with Crippen molar-refractivity contribution in [3.8, 4) is 0 Å². The molecule has 0 saturated carbocycles. The third kappa shape index (κ3) is 3.86. The molecule has 0 bridgehead atoms. The summed E-state index contributed by atoms with van der Waals surface area (Å²) in [5.74, 6) is -0.209. The average Bonchev–Trinajstić information content (AvgIpc) is 2.24. The minimum atomic E-state index is -0.362. The summed E-state index contributed by atoms with van der Waals surface area (Å²) in [5.41, 5.74) is 3.29. The van der Waals surface area contributed by atoms with Gasteiger partial charge >= 0.3 is 5.97 Å². The largest absolute Gasteiger partial charge is 0.465 e. The molecule has 0 aliphatic heterocycles. The van der Waals surface area contributed by atoms with Gasteiger partial charge in [-0.05, 0) is 32.9 Å². The van der Waals surface area contributed by atoms with Crippen molar-refractivity contribution in [1.82, 2.24) is 5.32 Å². The first kappa shape index (κ1) is 13.7. The third-order valence-electron chi connectivity index (χ3n) is 2.51. The molecule has 1 aromatic carbocycles. The zero-order valence-corrected chi connectivity index (χ0v) is 11.0. The van der Waals surface area contributed by atoms with Gasteiger partial charge in [0.15, 0.2) is 0 Å². The number of nitrogens with one attached hydrogen (secondary N) is 1. The Labute approximate surface area is 103 Å². The molecule has 3 nitrogen and oxygen atoms in total. The Morgan fingerprint density at radius 1 is 1.24 bits per heavy atom. The van der Waals surface area contributed by atoms with Crippen LogP contribution in [-0.4, -0.2) is 19.1 Å². The summed E-state index contributed by atoms with van der Waals surface area (Å²) in [5, 5.41) is 3.16. The first-order valence-corrected chi connectivity index (χ1v) is 6.06. The number of rotatable bonds is 5. The van der Waals surface area contributed by atoms with E-state index >= 15 is 0 Å². The van der Waals surface area contributed by atoms with E-state index in [1.807, 2.05) is 39.8 Å². The van der Waals surface area contributed by atoms with Crippen molar-refractivity contribution in [2.24, 2.45) is 0 Å². The Balaban J connectivity index is 3.00. The van der Waals surface area contributed by atoms with Crippen LogP contribution in [0.15, 0.2) is 18.2 Å². The lowest BCUT2D eigenvalue weighted by Gasteiger charge is -2.17. The summed E-state index contributed by atoms with van der Waals surface area (Å²) >= 11 is 0. The lowest BCUT2D eigenvalue weighted by molar-refractivity contribution is -0.145. The summed E-state index contributed by atoms with van der Waals surface area (Å²) in [7, 11) is 0. The molecule has 0 aromatic heterocycles. The van der Waals surface area contributed by atoms with Crippen LogP contribution in [0, 0.1) is 13.8 Å². The minimum Gasteiger partial charge on any atom is -0.465 e. The van der Waals surface area contributed by atoms with Crippen molar-refractivity contribution >= 4 is 5.97 Å². The Morgan fingerprint density at radius 3 is 2.29 bits per heavy atom. The smallest absolute Gasteiger partial charge is 0.327 e. The highest BCUT2D eigenvalue weighted by Crippen LogP contribution is 2.18. The van der Waals surface area contributed by atoms with E-state index in [9.17, 15) is 4.79 Å². The normalized spacial score (nSPS) is 12.2. The van der Waals surface area contributed by atoms with Gasteiger partial charge in [0, 0.05) is 0 Å². The Hall–Kier alpha value is -1.35. The van der Waals surface area contributed by atoms with E-state index in [1.165, 1.54) is 0 Å². The lowest BCUT2D eigenvalue weighted by atomic mass is 10.0. The van der Waals surface area contributed by atoms with E-state index in [0.29, 0.717) is 6.61 Å². The van der Waals surface area contributed by atoms with Crippen molar-refractivity contribution in [2.45, 2.75) is 33.7 Å². The number of aryl methyl sites for hydroxylation is 2. The summed E-state index contributed by atoms with van der Waals surface area (Å²) < 4.78 is 5.09. The number of carbonyl (C=O) groups is 1. The molecule has 0 amide bonds. The number of carbonyl (C=O) groups excluding carboxylic acids is 1. The van der Waals surface area contributed by atoms with Crippen LogP contribution < -0.4 is 5.32 Å². The van der Waals surface area contributed by atoms with Crippen molar-refractivity contribution in [3.63, 3.8) is 0 Å². The third-order valence-corrected chi connectivity index (χ3v) is 2.51. The second-order valence-electron chi connectivity index (χ2n) is 4.16. The molecular formula is C14H21NO2. The Kier molecular flexibility index (Phi) is 5.16. The van der Waals surface area contributed by atoms with Crippen LogP contribution in [0.3, 0.4) is 0 Å². The van der Waals surface area contributed by atoms with Crippen molar-refractivity contribution < 1.29 is 9.53 Å². The molecule has 0 spiro atoms. The highest BCUT2D eigenvalue weighted by Gasteiger charge is 2.20. The van der Waals surface area contributed by atoms with E-state index in [1.54, 1.807) is 0 Å². The second-order valence-corrected chi connectivity index (χ2v) is 4.16. The Bertz CT molecular complexity index is 368. The van der Waals surface area contributed by atoms with E-state index in [0.717, 1.165) is 23.2 Å². The van der Waals surface area contributed by atoms with Crippen LogP contribution in [0.5, 0.6) is 0 Å². The summed E-state index contributed by atoms with van der Waals surface area (Å²) in [6, 6.07) is 5.78. The maximum atomic E-state index is 11.9. The molecule has 94 valence electrons. The van der Waals surface area contributed by atoms with Crippen LogP contribution >= 0.6 is 0 Å². The number of hydrogen-bond acceptors (Lipinski definition) is 3. The van der Waals surface area contributed by atoms with Crippen LogP contribution in [0.25, 0.3) is 0 Å². The van der Waals surface area contributed by atoms with Gasteiger partial charge in [-0.2, -0.15) is 0 Å². The molecule has 1 atom stereocenters. The molecule has 1 rings (SSSR count). The average molecular weight is 235 g/mol. The molecule has 0 fully saturated rings. The van der Waals surface area contributed by atoms with Crippen LogP contribution in [0.4, 0.5) is 0 Å². The fraction of sp³-hybridized carbons (Fsp3) is 0.500. The molecule has 0 aliphatic carbocycles. The lowest BCUT2D eigenvalue weighted by Crippen LogP contribution is -2.30. The molecule has 17 heavy (non-hydrogen) atoms. The van der Waals surface area contributed by atoms with Crippen molar-refractivity contribution in [1.29, 1.82) is 0 Å². The number of likely N-dealkylation sites (N-methyl/N-ethyl adjacent to an activating group) is 1. The monoisotopic (exact) mass is 235 g/mol. The molecule has 1 aromatic rings. The van der Waals surface area contributed by atoms with Gasteiger partial charge < -0.3 is 10.1 Å². The molecule has 3 heteroatoms. The van der Waals surface area contributed by atoms with E-state index in [4.69, 9.17) is 4.74 Å². The zero-order valence-electron chi connectivity index (χ0n) is 11.0.